The molecule has 0 aliphatic carbocycles. The zero-order valence-corrected chi connectivity index (χ0v) is 11.8. The van der Waals surface area contributed by atoms with Crippen LogP contribution in [-0.2, 0) is 9.53 Å². The van der Waals surface area contributed by atoms with Crippen LogP contribution < -0.4 is 5.32 Å². The van der Waals surface area contributed by atoms with Gasteiger partial charge in [0.1, 0.15) is 6.23 Å². The summed E-state index contributed by atoms with van der Waals surface area (Å²) in [5, 5.41) is 2.99. The Morgan fingerprint density at radius 3 is 2.86 bits per heavy atom. The number of halogens is 1. The highest BCUT2D eigenvalue weighted by atomic mass is 19.1. The third-order valence-corrected chi connectivity index (χ3v) is 4.96. The van der Waals surface area contributed by atoms with Gasteiger partial charge in [-0.3, -0.25) is 4.79 Å². The van der Waals surface area contributed by atoms with Crippen LogP contribution in [0, 0.1) is 0 Å². The van der Waals surface area contributed by atoms with Crippen LogP contribution in [-0.4, -0.2) is 41.9 Å². The first-order chi connectivity index (χ1) is 10.2. The Hall–Kier alpha value is -1.46. The highest BCUT2D eigenvalue weighted by Gasteiger charge is 2.61. The number of rotatable bonds is 1. The van der Waals surface area contributed by atoms with E-state index >= 15 is 0 Å². The van der Waals surface area contributed by atoms with E-state index in [2.05, 4.69) is 5.32 Å². The second-order valence-electron chi connectivity index (χ2n) is 6.10. The number of carbonyl (C=O) groups is 1. The number of hydrogen-bond acceptors (Lipinski definition) is 3. The molecule has 0 bridgehead atoms. The molecule has 3 aliphatic rings. The Morgan fingerprint density at radius 1 is 1.29 bits per heavy atom. The zero-order valence-electron chi connectivity index (χ0n) is 11.8. The Labute approximate surface area is 123 Å². The summed E-state index contributed by atoms with van der Waals surface area (Å²) in [5.41, 5.74) is -0.137. The molecule has 1 N–H and O–H groups in total. The molecule has 3 heterocycles. The van der Waals surface area contributed by atoms with Gasteiger partial charge in [-0.1, -0.05) is 30.3 Å². The minimum atomic E-state index is -1.26. The fourth-order valence-corrected chi connectivity index (χ4v) is 3.88. The van der Waals surface area contributed by atoms with Gasteiger partial charge in [-0.05, 0) is 24.9 Å². The molecular weight excluding hydrogens is 271 g/mol. The summed E-state index contributed by atoms with van der Waals surface area (Å²) >= 11 is 0. The van der Waals surface area contributed by atoms with Crippen molar-refractivity contribution in [1.29, 1.82) is 0 Å². The second kappa shape index (κ2) is 4.78. The lowest BCUT2D eigenvalue weighted by Gasteiger charge is -2.35. The maximum atomic E-state index is 14.4. The highest BCUT2D eigenvalue weighted by molar-refractivity contribution is 5.89. The van der Waals surface area contributed by atoms with E-state index in [4.69, 9.17) is 4.74 Å². The van der Waals surface area contributed by atoms with Gasteiger partial charge in [-0.15, -0.1) is 0 Å². The lowest BCUT2D eigenvalue weighted by Crippen LogP contribution is -2.57. The summed E-state index contributed by atoms with van der Waals surface area (Å²) in [7, 11) is 0. The van der Waals surface area contributed by atoms with Crippen molar-refractivity contribution in [2.45, 2.75) is 43.3 Å². The number of ether oxygens (including phenoxy) is 1. The molecule has 0 aromatic heterocycles. The highest BCUT2D eigenvalue weighted by Crippen LogP contribution is 2.47. The predicted molar refractivity (Wildman–Crippen MR) is 75.2 cm³/mol. The third kappa shape index (κ3) is 1.84. The van der Waals surface area contributed by atoms with Gasteiger partial charge >= 0.3 is 0 Å². The fraction of sp³-hybridized carbons (Fsp3) is 0.562. The molecule has 1 aromatic rings. The van der Waals surface area contributed by atoms with E-state index in [1.165, 1.54) is 0 Å². The van der Waals surface area contributed by atoms with E-state index in [9.17, 15) is 9.18 Å². The van der Waals surface area contributed by atoms with Crippen molar-refractivity contribution < 1.29 is 13.9 Å². The molecule has 112 valence electrons. The molecule has 2 unspecified atom stereocenters. The molecule has 0 saturated carbocycles. The van der Waals surface area contributed by atoms with Crippen molar-refractivity contribution in [2.75, 3.05) is 13.1 Å². The Bertz CT molecular complexity index is 552. The van der Waals surface area contributed by atoms with E-state index in [-0.39, 0.29) is 24.7 Å². The number of amides is 1. The standard InChI is InChI=1S/C16H19FN2O2/c17-13-10-18-9-8-16(13)15(20)19-12(6-7-14(19)21-16)11-4-2-1-3-5-11/h1-5,12-14,18H,6-10H2/t12-,13?,14+,16?/m0/s1. The van der Waals surface area contributed by atoms with Gasteiger partial charge in [-0.2, -0.15) is 0 Å². The smallest absolute Gasteiger partial charge is 0.260 e. The van der Waals surface area contributed by atoms with Crippen LogP contribution in [0.4, 0.5) is 4.39 Å². The van der Waals surface area contributed by atoms with Crippen LogP contribution >= 0.6 is 0 Å². The van der Waals surface area contributed by atoms with Gasteiger partial charge in [0.05, 0.1) is 6.04 Å². The van der Waals surface area contributed by atoms with E-state index in [1.54, 1.807) is 4.90 Å². The van der Waals surface area contributed by atoms with Crippen LogP contribution in [0.2, 0.25) is 0 Å². The minimum Gasteiger partial charge on any atom is -0.339 e. The second-order valence-corrected chi connectivity index (χ2v) is 6.10. The third-order valence-electron chi connectivity index (χ3n) is 4.96. The number of nitrogens with one attached hydrogen (secondary N) is 1. The summed E-state index contributed by atoms with van der Waals surface area (Å²) in [6.45, 7) is 0.824. The molecule has 3 fully saturated rings. The predicted octanol–water partition coefficient (Wildman–Crippen LogP) is 1.78. The van der Waals surface area contributed by atoms with Crippen molar-refractivity contribution in [3.63, 3.8) is 0 Å². The topological polar surface area (TPSA) is 41.6 Å². The zero-order chi connectivity index (χ0) is 14.4. The van der Waals surface area contributed by atoms with Crippen molar-refractivity contribution in [3.8, 4) is 0 Å². The Balaban J connectivity index is 1.66. The van der Waals surface area contributed by atoms with Gasteiger partial charge < -0.3 is 15.0 Å². The normalized spacial score (nSPS) is 39.0. The lowest BCUT2D eigenvalue weighted by atomic mass is 9.89. The number of benzene rings is 1. The molecule has 3 aliphatic heterocycles. The van der Waals surface area contributed by atoms with Crippen molar-refractivity contribution in [3.05, 3.63) is 35.9 Å². The Kier molecular flexibility index (Phi) is 3.01. The van der Waals surface area contributed by atoms with Crippen molar-refractivity contribution in [1.82, 2.24) is 10.2 Å². The van der Waals surface area contributed by atoms with Gasteiger partial charge in [0.15, 0.2) is 11.8 Å². The molecule has 1 aromatic carbocycles. The first kappa shape index (κ1) is 13.2. The molecule has 1 spiro atoms. The van der Waals surface area contributed by atoms with E-state index in [0.29, 0.717) is 13.0 Å². The first-order valence-electron chi connectivity index (χ1n) is 7.63. The molecule has 5 heteroatoms. The van der Waals surface area contributed by atoms with Gasteiger partial charge in [0, 0.05) is 13.0 Å². The summed E-state index contributed by atoms with van der Waals surface area (Å²) in [4.78, 5) is 14.7. The van der Waals surface area contributed by atoms with Gasteiger partial charge in [0.2, 0.25) is 0 Å². The van der Waals surface area contributed by atoms with Crippen LogP contribution in [0.5, 0.6) is 0 Å². The largest absolute Gasteiger partial charge is 0.339 e. The molecule has 4 nitrogen and oxygen atoms in total. The SMILES string of the molecule is O=C1N2[C@@H](CC[C@H]2c2ccccc2)OC12CCNCC2F. The molecule has 1 amide bonds. The van der Waals surface area contributed by atoms with Crippen LogP contribution in [0.1, 0.15) is 30.9 Å². The quantitative estimate of drug-likeness (QED) is 0.857. The maximum absolute atomic E-state index is 14.4. The van der Waals surface area contributed by atoms with E-state index in [0.717, 1.165) is 18.4 Å². The molecular formula is C16H19FN2O2. The number of carbonyl (C=O) groups excluding carboxylic acids is 1. The van der Waals surface area contributed by atoms with Crippen molar-refractivity contribution >= 4 is 5.91 Å². The molecule has 21 heavy (non-hydrogen) atoms. The molecule has 4 rings (SSSR count). The van der Waals surface area contributed by atoms with Crippen LogP contribution in [0.3, 0.4) is 0 Å². The average Bonchev–Trinajstić information content (AvgIpc) is 3.03. The molecule has 3 saturated heterocycles. The number of alkyl halides is 1. The first-order valence-corrected chi connectivity index (χ1v) is 7.63. The van der Waals surface area contributed by atoms with Gasteiger partial charge in [-0.25, -0.2) is 4.39 Å². The van der Waals surface area contributed by atoms with E-state index < -0.39 is 11.8 Å². The maximum Gasteiger partial charge on any atom is 0.260 e. The van der Waals surface area contributed by atoms with Gasteiger partial charge in [0.25, 0.3) is 5.91 Å². The minimum absolute atomic E-state index is 0.0187. The average molecular weight is 290 g/mol. The number of piperidine rings is 1. The monoisotopic (exact) mass is 290 g/mol. The number of fused-ring (bicyclic) bond motifs is 1. The lowest BCUT2D eigenvalue weighted by molar-refractivity contribution is -0.149. The number of nitrogens with zero attached hydrogens (tertiary/aromatic N) is 1. The summed E-state index contributed by atoms with van der Waals surface area (Å²) in [5.74, 6) is -0.159. The van der Waals surface area contributed by atoms with Crippen LogP contribution in [0.25, 0.3) is 0 Å². The fourth-order valence-electron chi connectivity index (χ4n) is 3.88. The number of hydrogen-bond donors (Lipinski definition) is 1. The van der Waals surface area contributed by atoms with Crippen LogP contribution in [0.15, 0.2) is 30.3 Å². The summed E-state index contributed by atoms with van der Waals surface area (Å²) < 4.78 is 20.3. The molecule has 0 radical (unpaired) electrons. The summed E-state index contributed by atoms with van der Waals surface area (Å²) in [6, 6.07) is 9.99. The van der Waals surface area contributed by atoms with Crippen molar-refractivity contribution in [2.24, 2.45) is 0 Å². The van der Waals surface area contributed by atoms with E-state index in [1.807, 2.05) is 30.3 Å². The Morgan fingerprint density at radius 2 is 2.10 bits per heavy atom. The summed E-state index contributed by atoms with van der Waals surface area (Å²) in [6.07, 6.45) is 0.556. The molecule has 4 atom stereocenters.